The van der Waals surface area contributed by atoms with E-state index in [0.717, 1.165) is 47.8 Å². The Morgan fingerprint density at radius 2 is 1.29 bits per heavy atom. The zero-order valence-corrected chi connectivity index (χ0v) is 32.4. The molecule has 2 fully saturated rings. The van der Waals surface area contributed by atoms with Crippen molar-refractivity contribution in [2.45, 2.75) is 142 Å². The zero-order chi connectivity index (χ0) is 36.2. The van der Waals surface area contributed by atoms with Crippen molar-refractivity contribution in [1.29, 1.82) is 5.26 Å². The molecule has 2 heterocycles. The molecule has 264 valence electrons. The van der Waals surface area contributed by atoms with Crippen LogP contribution < -0.4 is 0 Å². The third kappa shape index (κ3) is 4.11. The first-order chi connectivity index (χ1) is 24.8. The van der Waals surface area contributed by atoms with Crippen LogP contribution in [0.1, 0.15) is 186 Å². The van der Waals surface area contributed by atoms with Gasteiger partial charge in [-0.25, -0.2) is 0 Å². The zero-order valence-electron chi connectivity index (χ0n) is 32.4. The molecule has 52 heavy (non-hydrogen) atoms. The minimum Gasteiger partial charge on any atom is -0.308 e. The second kappa shape index (κ2) is 10.7. The van der Waals surface area contributed by atoms with E-state index in [1.165, 1.54) is 97.3 Å². The van der Waals surface area contributed by atoms with E-state index in [0.29, 0.717) is 35.4 Å². The molecule has 0 saturated heterocycles. The van der Waals surface area contributed by atoms with Gasteiger partial charge in [0.2, 0.25) is 0 Å². The Morgan fingerprint density at radius 1 is 0.692 bits per heavy atom. The van der Waals surface area contributed by atoms with Crippen molar-refractivity contribution in [3.63, 3.8) is 0 Å². The van der Waals surface area contributed by atoms with Crippen molar-refractivity contribution < 1.29 is 4.79 Å². The molecule has 0 radical (unpaired) electrons. The molecule has 2 aromatic heterocycles. The van der Waals surface area contributed by atoms with Gasteiger partial charge < -0.3 is 4.40 Å². The molecule has 4 bridgehead atoms. The standard InChI is InChI=1S/C49H52N2O/c1-25(2)30-17-33(26(3)4)43(34(18-30)27(5)6)31-19-36-35-22-39-37(47(52)49(8)15-13-48(39,7)14-16-49)23-40(35)51-41-21-32(24-50)42-28-9-11-29(12-10-28)44(42)45(41)38(20-31)46(36)51/h17-23,25-29H,9-16H2,1-8H3. The lowest BCUT2D eigenvalue weighted by Gasteiger charge is -2.39. The van der Waals surface area contributed by atoms with Gasteiger partial charge in [0.15, 0.2) is 5.78 Å². The molecule has 0 amide bonds. The summed E-state index contributed by atoms with van der Waals surface area (Å²) in [7, 11) is 0. The Labute approximate surface area is 308 Å². The summed E-state index contributed by atoms with van der Waals surface area (Å²) in [6.45, 7) is 18.7. The van der Waals surface area contributed by atoms with Gasteiger partial charge in [-0.3, -0.25) is 4.79 Å². The van der Waals surface area contributed by atoms with Crippen LogP contribution >= 0.6 is 0 Å². The van der Waals surface area contributed by atoms with Crippen LogP contribution in [0.2, 0.25) is 0 Å². The summed E-state index contributed by atoms with van der Waals surface area (Å²) < 4.78 is 2.47. The number of rotatable bonds is 4. The van der Waals surface area contributed by atoms with Crippen molar-refractivity contribution in [1.82, 2.24) is 4.40 Å². The number of carbonyl (C=O) groups is 1. The maximum absolute atomic E-state index is 14.5. The van der Waals surface area contributed by atoms with Crippen LogP contribution in [0.3, 0.4) is 0 Å². The van der Waals surface area contributed by atoms with Crippen LogP contribution in [-0.2, 0) is 5.41 Å². The molecule has 3 nitrogen and oxygen atoms in total. The monoisotopic (exact) mass is 684 g/mol. The number of aromatic nitrogens is 1. The lowest BCUT2D eigenvalue weighted by Crippen LogP contribution is -2.33. The lowest BCUT2D eigenvalue weighted by molar-refractivity contribution is 0.0732. The van der Waals surface area contributed by atoms with E-state index >= 15 is 0 Å². The molecule has 3 heteroatoms. The van der Waals surface area contributed by atoms with Crippen LogP contribution in [0.4, 0.5) is 0 Å². The van der Waals surface area contributed by atoms with Crippen LogP contribution in [-0.4, -0.2) is 10.2 Å². The summed E-state index contributed by atoms with van der Waals surface area (Å²) in [6, 6.07) is 19.6. The van der Waals surface area contributed by atoms with E-state index in [1.807, 2.05) is 0 Å². The number of fused-ring (bicyclic) bond motifs is 10. The van der Waals surface area contributed by atoms with Crippen molar-refractivity contribution in [3.05, 3.63) is 87.0 Å². The van der Waals surface area contributed by atoms with E-state index in [2.05, 4.69) is 108 Å². The molecule has 6 aliphatic carbocycles. The summed E-state index contributed by atoms with van der Waals surface area (Å²) in [4.78, 5) is 14.5. The van der Waals surface area contributed by atoms with Gasteiger partial charge >= 0.3 is 0 Å². The second-order valence-electron chi connectivity index (χ2n) is 19.0. The van der Waals surface area contributed by atoms with Crippen LogP contribution in [0.25, 0.3) is 49.2 Å². The lowest BCUT2D eigenvalue weighted by atomic mass is 9.65. The molecule has 0 N–H and O–H groups in total. The molecule has 0 unspecified atom stereocenters. The summed E-state index contributed by atoms with van der Waals surface area (Å²) in [6.07, 6.45) is 8.85. The first kappa shape index (κ1) is 32.5. The fourth-order valence-electron chi connectivity index (χ4n) is 11.7. The number of nitrogens with zero attached hydrogens (tertiary/aromatic N) is 2. The minimum absolute atomic E-state index is 0.000664. The summed E-state index contributed by atoms with van der Waals surface area (Å²) in [5, 5.41) is 15.9. The van der Waals surface area contributed by atoms with E-state index in [4.69, 9.17) is 0 Å². The predicted molar refractivity (Wildman–Crippen MR) is 216 cm³/mol. The molecule has 0 aliphatic heterocycles. The highest BCUT2D eigenvalue weighted by molar-refractivity contribution is 6.26. The van der Waals surface area contributed by atoms with Crippen molar-refractivity contribution in [2.75, 3.05) is 0 Å². The number of Topliss-reactive ketones (excluding diaryl/α,β-unsaturated/α-hetero) is 1. The Bertz CT molecular complexity index is 2540. The molecule has 0 atom stereocenters. The minimum atomic E-state index is -0.291. The van der Waals surface area contributed by atoms with Crippen molar-refractivity contribution in [2.24, 2.45) is 5.41 Å². The van der Waals surface area contributed by atoms with E-state index in [1.54, 1.807) is 0 Å². The number of benzene rings is 4. The van der Waals surface area contributed by atoms with Crippen LogP contribution in [0.15, 0.2) is 42.5 Å². The van der Waals surface area contributed by atoms with E-state index in [9.17, 15) is 10.1 Å². The number of hydrogen-bond acceptors (Lipinski definition) is 2. The maximum Gasteiger partial charge on any atom is 0.169 e. The summed E-state index contributed by atoms with van der Waals surface area (Å²) in [5.74, 6) is 2.52. The normalized spacial score (nSPS) is 25.4. The van der Waals surface area contributed by atoms with E-state index in [-0.39, 0.29) is 10.8 Å². The van der Waals surface area contributed by atoms with E-state index < -0.39 is 0 Å². The SMILES string of the molecule is CC(C)c1cc(C(C)C)c(-c2cc3c4cc5c(cc4n4c6cc(C#N)c7c(c6c(c2)c34)C2CCC7CC2)C(=O)C2(C)CCC5(C)CC2)c(C(C)C)c1. The number of carbonyl (C=O) groups excluding carboxylic acids is 1. The fraction of sp³-hybridized carbons (Fsp3) is 0.469. The van der Waals surface area contributed by atoms with Gasteiger partial charge in [0.05, 0.1) is 28.2 Å². The van der Waals surface area contributed by atoms with Gasteiger partial charge in [0, 0.05) is 32.5 Å². The van der Waals surface area contributed by atoms with Gasteiger partial charge in [-0.15, -0.1) is 0 Å². The fourth-order valence-corrected chi connectivity index (χ4v) is 11.7. The topological polar surface area (TPSA) is 45.3 Å². The molecule has 6 aromatic rings. The molecule has 0 spiro atoms. The number of nitriles is 1. The smallest absolute Gasteiger partial charge is 0.169 e. The highest BCUT2D eigenvalue weighted by Crippen LogP contribution is 2.57. The molecule has 12 rings (SSSR count). The summed E-state index contributed by atoms with van der Waals surface area (Å²) >= 11 is 0. The second-order valence-corrected chi connectivity index (χ2v) is 19.0. The molecular weight excluding hydrogens is 633 g/mol. The quantitative estimate of drug-likeness (QED) is 0.185. The predicted octanol–water partition coefficient (Wildman–Crippen LogP) is 13.5. The van der Waals surface area contributed by atoms with Gasteiger partial charge in [-0.2, -0.15) is 5.26 Å². The van der Waals surface area contributed by atoms with Gasteiger partial charge in [-0.05, 0) is 161 Å². The Kier molecular flexibility index (Phi) is 6.69. The third-order valence-corrected chi connectivity index (χ3v) is 14.9. The largest absolute Gasteiger partial charge is 0.308 e. The average Bonchev–Trinajstić information content (AvgIpc) is 3.61. The molecular formula is C49H52N2O. The Morgan fingerprint density at radius 3 is 1.88 bits per heavy atom. The third-order valence-electron chi connectivity index (χ3n) is 14.9. The number of ketones is 1. The highest BCUT2D eigenvalue weighted by Gasteiger charge is 2.49. The maximum atomic E-state index is 14.5. The number of hydrogen-bond donors (Lipinski definition) is 0. The Hall–Kier alpha value is -4.16. The van der Waals surface area contributed by atoms with Gasteiger partial charge in [-0.1, -0.05) is 67.5 Å². The highest BCUT2D eigenvalue weighted by atomic mass is 16.1. The Balaban J connectivity index is 1.41. The van der Waals surface area contributed by atoms with Crippen molar-refractivity contribution in [3.8, 4) is 17.2 Å². The van der Waals surface area contributed by atoms with Gasteiger partial charge in [0.25, 0.3) is 0 Å². The van der Waals surface area contributed by atoms with Crippen molar-refractivity contribution >= 4 is 43.9 Å². The first-order valence-electron chi connectivity index (χ1n) is 20.3. The molecule has 6 aliphatic rings. The molecule has 4 aromatic carbocycles. The summed E-state index contributed by atoms with van der Waals surface area (Å²) in [5.41, 5.74) is 16.1. The van der Waals surface area contributed by atoms with Crippen LogP contribution in [0.5, 0.6) is 0 Å². The first-order valence-corrected chi connectivity index (χ1v) is 20.3. The van der Waals surface area contributed by atoms with Gasteiger partial charge in [0.1, 0.15) is 0 Å². The molecule has 2 saturated carbocycles. The average molecular weight is 685 g/mol. The van der Waals surface area contributed by atoms with Crippen LogP contribution in [0, 0.1) is 16.7 Å².